The van der Waals surface area contributed by atoms with Crippen LogP contribution in [-0.2, 0) is 0 Å². The number of rotatable bonds is 4. The lowest BCUT2D eigenvalue weighted by molar-refractivity contribution is 0.0723. The number of hydrogen-bond donors (Lipinski definition) is 0. The van der Waals surface area contributed by atoms with Crippen molar-refractivity contribution in [2.24, 2.45) is 0 Å². The van der Waals surface area contributed by atoms with Gasteiger partial charge in [0.05, 0.1) is 19.3 Å². The lowest BCUT2D eigenvalue weighted by atomic mass is 10.0. The Bertz CT molecular complexity index is 955. The Morgan fingerprint density at radius 3 is 2.89 bits per heavy atom. The molecule has 1 aromatic carbocycles. The molecule has 7 heteroatoms. The summed E-state index contributed by atoms with van der Waals surface area (Å²) in [6, 6.07) is 11.3. The van der Waals surface area contributed by atoms with Crippen molar-refractivity contribution in [3.63, 3.8) is 0 Å². The number of carbonyl (C=O) groups is 1. The molecule has 1 atom stereocenters. The van der Waals surface area contributed by atoms with Crippen LogP contribution >= 0.6 is 0 Å². The summed E-state index contributed by atoms with van der Waals surface area (Å²) in [7, 11) is 1.56. The van der Waals surface area contributed by atoms with E-state index in [1.807, 2.05) is 0 Å². The van der Waals surface area contributed by atoms with Crippen LogP contribution < -0.4 is 4.74 Å². The maximum Gasteiger partial charge on any atom is 0.276 e. The van der Waals surface area contributed by atoms with Crippen molar-refractivity contribution in [3.8, 4) is 17.2 Å². The molecule has 6 nitrogen and oxygen atoms in total. The van der Waals surface area contributed by atoms with E-state index in [0.717, 1.165) is 12.8 Å². The molecule has 0 radical (unpaired) electrons. The Kier molecular flexibility index (Phi) is 4.58. The summed E-state index contributed by atoms with van der Waals surface area (Å²) >= 11 is 0. The molecule has 1 fully saturated rings. The molecule has 138 valence electrons. The minimum atomic E-state index is -0.300. The summed E-state index contributed by atoms with van der Waals surface area (Å²) < 4.78 is 24.6. The molecule has 1 saturated heterocycles. The molecule has 3 heterocycles. The Morgan fingerprint density at radius 1 is 1.30 bits per heavy atom. The van der Waals surface area contributed by atoms with Crippen molar-refractivity contribution in [3.05, 3.63) is 65.7 Å². The Morgan fingerprint density at radius 2 is 2.15 bits per heavy atom. The van der Waals surface area contributed by atoms with Crippen LogP contribution in [0, 0.1) is 5.82 Å². The maximum atomic E-state index is 14.2. The lowest BCUT2D eigenvalue weighted by Gasteiger charge is -2.24. The van der Waals surface area contributed by atoms with Gasteiger partial charge in [0.25, 0.3) is 5.91 Å². The zero-order chi connectivity index (χ0) is 18.8. The van der Waals surface area contributed by atoms with Gasteiger partial charge in [-0.25, -0.2) is 9.37 Å². The van der Waals surface area contributed by atoms with Crippen LogP contribution in [0.15, 0.2) is 53.2 Å². The molecular weight excluding hydrogens is 349 g/mol. The molecule has 1 unspecified atom stereocenters. The molecule has 0 N–H and O–H groups in total. The van der Waals surface area contributed by atoms with E-state index in [9.17, 15) is 9.18 Å². The van der Waals surface area contributed by atoms with Crippen molar-refractivity contribution in [2.75, 3.05) is 13.7 Å². The van der Waals surface area contributed by atoms with E-state index >= 15 is 0 Å². The van der Waals surface area contributed by atoms with Crippen molar-refractivity contribution in [1.82, 2.24) is 15.0 Å². The first-order chi connectivity index (χ1) is 13.2. The highest BCUT2D eigenvalue weighted by Gasteiger charge is 2.33. The van der Waals surface area contributed by atoms with E-state index in [2.05, 4.69) is 10.1 Å². The van der Waals surface area contributed by atoms with Crippen LogP contribution in [0.25, 0.3) is 11.5 Å². The van der Waals surface area contributed by atoms with Crippen LogP contribution in [-0.4, -0.2) is 34.6 Å². The number of methoxy groups -OCH3 is 1. The smallest absolute Gasteiger partial charge is 0.276 e. The first kappa shape index (κ1) is 17.2. The maximum absolute atomic E-state index is 14.2. The van der Waals surface area contributed by atoms with E-state index in [0.29, 0.717) is 29.3 Å². The highest BCUT2D eigenvalue weighted by atomic mass is 19.1. The number of hydrogen-bond acceptors (Lipinski definition) is 5. The molecular formula is C20H18FN3O3. The summed E-state index contributed by atoms with van der Waals surface area (Å²) in [4.78, 5) is 18.8. The van der Waals surface area contributed by atoms with Gasteiger partial charge in [-0.05, 0) is 31.0 Å². The third-order valence-corrected chi connectivity index (χ3v) is 4.73. The standard InChI is InChI=1S/C20H18FN3O3/c1-26-13-8-9-16(22-12-13)19-11-17(23-27-19)20(25)24-10-4-7-18(24)14-5-2-3-6-15(14)21/h2-3,5-6,8-9,11-12,18H,4,7,10H2,1H3. The summed E-state index contributed by atoms with van der Waals surface area (Å²) in [5, 5.41) is 3.90. The third-order valence-electron chi connectivity index (χ3n) is 4.73. The summed E-state index contributed by atoms with van der Waals surface area (Å²) in [6.45, 7) is 0.556. The van der Waals surface area contributed by atoms with Gasteiger partial charge in [0.1, 0.15) is 17.3 Å². The van der Waals surface area contributed by atoms with Gasteiger partial charge in [-0.3, -0.25) is 4.79 Å². The fourth-order valence-corrected chi connectivity index (χ4v) is 3.37. The molecule has 0 aliphatic carbocycles. The van der Waals surface area contributed by atoms with Gasteiger partial charge in [0.15, 0.2) is 11.5 Å². The van der Waals surface area contributed by atoms with Crippen molar-refractivity contribution < 1.29 is 18.4 Å². The van der Waals surface area contributed by atoms with Crippen LogP contribution in [0.4, 0.5) is 4.39 Å². The summed E-state index contributed by atoms with van der Waals surface area (Å²) in [5.74, 6) is 0.441. The van der Waals surface area contributed by atoms with E-state index in [-0.39, 0.29) is 23.5 Å². The molecule has 0 spiro atoms. The summed E-state index contributed by atoms with van der Waals surface area (Å²) in [6.07, 6.45) is 3.10. The molecule has 2 aromatic heterocycles. The molecule has 3 aromatic rings. The van der Waals surface area contributed by atoms with Gasteiger partial charge in [0, 0.05) is 18.2 Å². The van der Waals surface area contributed by atoms with E-state index in [1.165, 1.54) is 6.07 Å². The molecule has 1 aliphatic rings. The summed E-state index contributed by atoms with van der Waals surface area (Å²) in [5.41, 5.74) is 1.27. The number of amides is 1. The third kappa shape index (κ3) is 3.28. The van der Waals surface area contributed by atoms with Gasteiger partial charge >= 0.3 is 0 Å². The fourth-order valence-electron chi connectivity index (χ4n) is 3.37. The second kappa shape index (κ2) is 7.19. The molecule has 27 heavy (non-hydrogen) atoms. The normalized spacial score (nSPS) is 16.5. The minimum absolute atomic E-state index is 0.186. The monoisotopic (exact) mass is 367 g/mol. The molecule has 0 bridgehead atoms. The van der Waals surface area contributed by atoms with Crippen molar-refractivity contribution in [1.29, 1.82) is 0 Å². The van der Waals surface area contributed by atoms with Crippen LogP contribution in [0.2, 0.25) is 0 Å². The van der Waals surface area contributed by atoms with Crippen LogP contribution in [0.5, 0.6) is 5.75 Å². The Labute approximate surface area is 155 Å². The average Bonchev–Trinajstić information content (AvgIpc) is 3.38. The van der Waals surface area contributed by atoms with E-state index in [1.54, 1.807) is 54.6 Å². The number of aromatic nitrogens is 2. The van der Waals surface area contributed by atoms with Crippen molar-refractivity contribution >= 4 is 5.91 Å². The number of carbonyl (C=O) groups excluding carboxylic acids is 1. The highest BCUT2D eigenvalue weighted by molar-refractivity contribution is 5.93. The van der Waals surface area contributed by atoms with Gasteiger partial charge in [-0.2, -0.15) is 0 Å². The SMILES string of the molecule is COc1ccc(-c2cc(C(=O)N3CCCC3c3ccccc3F)no2)nc1. The first-order valence-electron chi connectivity index (χ1n) is 8.70. The number of likely N-dealkylation sites (tertiary alicyclic amines) is 1. The molecule has 4 rings (SSSR count). The fraction of sp³-hybridized carbons (Fsp3) is 0.250. The second-order valence-electron chi connectivity index (χ2n) is 6.34. The zero-order valence-corrected chi connectivity index (χ0v) is 14.8. The minimum Gasteiger partial charge on any atom is -0.495 e. The molecule has 0 saturated carbocycles. The number of pyridine rings is 1. The van der Waals surface area contributed by atoms with Crippen LogP contribution in [0.1, 0.15) is 34.9 Å². The largest absolute Gasteiger partial charge is 0.495 e. The van der Waals surface area contributed by atoms with E-state index in [4.69, 9.17) is 9.26 Å². The van der Waals surface area contributed by atoms with Gasteiger partial charge in [0.2, 0.25) is 0 Å². The Balaban J connectivity index is 1.57. The highest BCUT2D eigenvalue weighted by Crippen LogP contribution is 2.34. The first-order valence-corrected chi connectivity index (χ1v) is 8.70. The predicted molar refractivity (Wildman–Crippen MR) is 95.7 cm³/mol. The Hall–Kier alpha value is -3.22. The van der Waals surface area contributed by atoms with Gasteiger partial charge in [-0.15, -0.1) is 0 Å². The number of ether oxygens (including phenoxy) is 1. The average molecular weight is 367 g/mol. The zero-order valence-electron chi connectivity index (χ0n) is 14.8. The van der Waals surface area contributed by atoms with E-state index < -0.39 is 0 Å². The lowest BCUT2D eigenvalue weighted by Crippen LogP contribution is -2.31. The predicted octanol–water partition coefficient (Wildman–Crippen LogP) is 3.86. The molecule has 1 aliphatic heterocycles. The van der Waals surface area contributed by atoms with Crippen LogP contribution in [0.3, 0.4) is 0 Å². The number of halogens is 1. The topological polar surface area (TPSA) is 68.5 Å². The van der Waals surface area contributed by atoms with Gasteiger partial charge in [-0.1, -0.05) is 23.4 Å². The number of benzene rings is 1. The van der Waals surface area contributed by atoms with Gasteiger partial charge < -0.3 is 14.2 Å². The number of nitrogens with zero attached hydrogens (tertiary/aromatic N) is 3. The molecule has 1 amide bonds. The second-order valence-corrected chi connectivity index (χ2v) is 6.34. The quantitative estimate of drug-likeness (QED) is 0.700. The van der Waals surface area contributed by atoms with Crippen molar-refractivity contribution in [2.45, 2.75) is 18.9 Å².